The van der Waals surface area contributed by atoms with Crippen molar-refractivity contribution >= 4 is 28.3 Å². The Balaban J connectivity index is 2.63. The summed E-state index contributed by atoms with van der Waals surface area (Å²) in [4.78, 5) is -0.678. The highest BCUT2D eigenvalue weighted by Crippen LogP contribution is 2.33. The lowest BCUT2D eigenvalue weighted by Crippen LogP contribution is -2.44. The molecule has 1 rings (SSSR count). The maximum atomic E-state index is 9.65. The van der Waals surface area contributed by atoms with E-state index in [-0.39, 0.29) is 5.92 Å². The Morgan fingerprint density at radius 1 is 1.90 bits per heavy atom. The number of aliphatic hydroxyl groups is 1. The van der Waals surface area contributed by atoms with Crippen LogP contribution in [-0.4, -0.2) is 20.9 Å². The Morgan fingerprint density at radius 3 is 2.90 bits per heavy atom. The largest absolute Gasteiger partial charge is 0.379 e. The van der Waals surface area contributed by atoms with E-state index in [1.165, 1.54) is 11.8 Å². The molecule has 2 unspecified atom stereocenters. The molecule has 2 atom stereocenters. The molecule has 58 valence electrons. The minimum atomic E-state index is -0.678. The molecule has 1 saturated heterocycles. The lowest BCUT2D eigenvalue weighted by atomic mass is 10.1. The van der Waals surface area contributed by atoms with Crippen molar-refractivity contribution in [3.8, 4) is 0 Å². The number of hydrogen-bond acceptors (Lipinski definition) is 3. The van der Waals surface area contributed by atoms with Crippen LogP contribution in [0.2, 0.25) is 0 Å². The third-order valence-electron chi connectivity index (χ3n) is 1.77. The van der Waals surface area contributed by atoms with E-state index in [1.54, 1.807) is 6.92 Å². The number of thioether (sulfide) groups is 1. The predicted molar refractivity (Wildman–Crippen MR) is 48.0 cm³/mol. The Morgan fingerprint density at radius 2 is 2.50 bits per heavy atom. The van der Waals surface area contributed by atoms with E-state index in [9.17, 15) is 5.11 Å². The fraction of sp³-hybridized carbons (Fsp3) is 0.833. The fourth-order valence-corrected chi connectivity index (χ4v) is 2.15. The first-order valence-electron chi connectivity index (χ1n) is 3.21. The van der Waals surface area contributed by atoms with Gasteiger partial charge in [-0.15, -0.1) is 0 Å². The highest BCUT2D eigenvalue weighted by atomic mass is 32.2. The molecule has 0 amide bonds. The van der Waals surface area contributed by atoms with Crippen molar-refractivity contribution in [2.75, 3.05) is 6.54 Å². The average molecular weight is 177 g/mol. The molecule has 2 N–H and O–H groups in total. The molecule has 0 aromatic rings. The van der Waals surface area contributed by atoms with Crippen LogP contribution in [0.15, 0.2) is 0 Å². The summed E-state index contributed by atoms with van der Waals surface area (Å²) in [5, 5.41) is 12.7. The van der Waals surface area contributed by atoms with Gasteiger partial charge in [0.2, 0.25) is 0 Å². The van der Waals surface area contributed by atoms with Gasteiger partial charge in [0, 0.05) is 12.5 Å². The van der Waals surface area contributed by atoms with Gasteiger partial charge in [0.1, 0.15) is 9.25 Å². The smallest absolute Gasteiger partial charge is 0.136 e. The van der Waals surface area contributed by atoms with E-state index in [0.717, 1.165) is 6.54 Å². The van der Waals surface area contributed by atoms with Gasteiger partial charge in [0.15, 0.2) is 0 Å². The second kappa shape index (κ2) is 2.68. The van der Waals surface area contributed by atoms with Crippen molar-refractivity contribution in [3.05, 3.63) is 0 Å². The molecule has 0 aromatic carbocycles. The Kier molecular flexibility index (Phi) is 2.22. The molecule has 1 fully saturated rings. The summed E-state index contributed by atoms with van der Waals surface area (Å²) in [7, 11) is 0. The van der Waals surface area contributed by atoms with Crippen LogP contribution in [0.25, 0.3) is 0 Å². The van der Waals surface area contributed by atoms with Crippen LogP contribution in [0.3, 0.4) is 0 Å². The van der Waals surface area contributed by atoms with E-state index in [4.69, 9.17) is 12.2 Å². The Bertz CT molecular complexity index is 158. The lowest BCUT2D eigenvalue weighted by Gasteiger charge is -2.34. The van der Waals surface area contributed by atoms with Crippen molar-refractivity contribution < 1.29 is 5.11 Å². The summed E-state index contributed by atoms with van der Waals surface area (Å²) in [5.41, 5.74) is 0. The first-order valence-corrected chi connectivity index (χ1v) is 4.44. The van der Waals surface area contributed by atoms with Gasteiger partial charge in [-0.05, 0) is 6.92 Å². The van der Waals surface area contributed by atoms with Crippen molar-refractivity contribution in [2.45, 2.75) is 18.8 Å². The average Bonchev–Trinajstić information content (AvgIpc) is 1.78. The van der Waals surface area contributed by atoms with Crippen LogP contribution in [-0.2, 0) is 0 Å². The van der Waals surface area contributed by atoms with Crippen LogP contribution in [0.4, 0.5) is 0 Å². The zero-order valence-corrected chi connectivity index (χ0v) is 7.68. The van der Waals surface area contributed by atoms with Crippen LogP contribution >= 0.6 is 24.0 Å². The van der Waals surface area contributed by atoms with Crippen molar-refractivity contribution in [1.82, 2.24) is 5.32 Å². The maximum absolute atomic E-state index is 9.65. The highest BCUT2D eigenvalue weighted by molar-refractivity contribution is 8.23. The molecule has 1 heterocycles. The second-order valence-electron chi connectivity index (χ2n) is 2.73. The fourth-order valence-electron chi connectivity index (χ4n) is 0.750. The van der Waals surface area contributed by atoms with Gasteiger partial charge in [-0.3, -0.25) is 0 Å². The molecule has 2 nitrogen and oxygen atoms in total. The van der Waals surface area contributed by atoms with Crippen molar-refractivity contribution in [1.29, 1.82) is 0 Å². The van der Waals surface area contributed by atoms with E-state index < -0.39 is 4.93 Å². The summed E-state index contributed by atoms with van der Waals surface area (Å²) in [5.74, 6) is 0.254. The van der Waals surface area contributed by atoms with E-state index in [2.05, 4.69) is 5.32 Å². The van der Waals surface area contributed by atoms with E-state index >= 15 is 0 Å². The van der Waals surface area contributed by atoms with E-state index in [0.29, 0.717) is 4.32 Å². The van der Waals surface area contributed by atoms with Crippen LogP contribution in [0.5, 0.6) is 0 Å². The maximum Gasteiger partial charge on any atom is 0.136 e. The van der Waals surface area contributed by atoms with Gasteiger partial charge in [-0.2, -0.15) is 0 Å². The monoisotopic (exact) mass is 177 g/mol. The van der Waals surface area contributed by atoms with Crippen molar-refractivity contribution in [3.63, 3.8) is 0 Å². The normalized spacial score (nSPS) is 41.1. The summed E-state index contributed by atoms with van der Waals surface area (Å²) < 4.78 is 0.697. The summed E-state index contributed by atoms with van der Waals surface area (Å²) >= 11 is 6.23. The molecule has 0 aliphatic carbocycles. The third kappa shape index (κ3) is 1.62. The van der Waals surface area contributed by atoms with Crippen LogP contribution in [0.1, 0.15) is 13.8 Å². The first kappa shape index (κ1) is 8.30. The zero-order valence-electron chi connectivity index (χ0n) is 6.05. The molecule has 10 heavy (non-hydrogen) atoms. The van der Waals surface area contributed by atoms with Crippen molar-refractivity contribution in [2.24, 2.45) is 5.92 Å². The van der Waals surface area contributed by atoms with Gasteiger partial charge in [-0.25, -0.2) is 0 Å². The Labute approximate surface area is 70.4 Å². The number of thiocarbonyl (C=S) groups is 1. The summed E-state index contributed by atoms with van der Waals surface area (Å²) in [6, 6.07) is 0. The minimum Gasteiger partial charge on any atom is -0.379 e. The lowest BCUT2D eigenvalue weighted by molar-refractivity contribution is 0.0992. The molecule has 0 spiro atoms. The predicted octanol–water partition coefficient (Wildman–Crippen LogP) is 0.952. The summed E-state index contributed by atoms with van der Waals surface area (Å²) in [6.45, 7) is 4.58. The molecule has 0 saturated carbocycles. The van der Waals surface area contributed by atoms with Gasteiger partial charge >= 0.3 is 0 Å². The Hall–Kier alpha value is 0.200. The zero-order chi connectivity index (χ0) is 7.78. The molecule has 0 radical (unpaired) electrons. The molecule has 1 aliphatic heterocycles. The minimum absolute atomic E-state index is 0.254. The highest BCUT2D eigenvalue weighted by Gasteiger charge is 2.34. The number of nitrogens with one attached hydrogen (secondary N) is 1. The van der Waals surface area contributed by atoms with Gasteiger partial charge in [-0.1, -0.05) is 30.9 Å². The second-order valence-corrected chi connectivity index (χ2v) is 4.83. The van der Waals surface area contributed by atoms with Gasteiger partial charge < -0.3 is 10.4 Å². The van der Waals surface area contributed by atoms with Gasteiger partial charge in [0.05, 0.1) is 0 Å². The molecule has 1 aliphatic rings. The summed E-state index contributed by atoms with van der Waals surface area (Å²) in [6.07, 6.45) is 0. The molecular weight excluding hydrogens is 166 g/mol. The third-order valence-corrected chi connectivity index (χ3v) is 3.31. The van der Waals surface area contributed by atoms with Crippen LogP contribution in [0, 0.1) is 5.92 Å². The van der Waals surface area contributed by atoms with E-state index in [1.807, 2.05) is 6.92 Å². The molecule has 0 bridgehead atoms. The molecule has 4 heteroatoms. The standard InChI is InChI=1S/C6H11NOS2/c1-4-3-7-5(9)10-6(4,2)8/h4,8H,3H2,1-2H3,(H,7,9). The molecule has 0 aromatic heterocycles. The number of hydrogen-bond donors (Lipinski definition) is 2. The SMILES string of the molecule is CC1CNC(=S)SC1(C)O. The first-order chi connectivity index (χ1) is 4.52. The molecular formula is C6H11NOS2. The topological polar surface area (TPSA) is 32.3 Å². The van der Waals surface area contributed by atoms with Crippen LogP contribution < -0.4 is 5.32 Å². The van der Waals surface area contributed by atoms with Gasteiger partial charge in [0.25, 0.3) is 0 Å². The quantitative estimate of drug-likeness (QED) is 0.540. The number of rotatable bonds is 0.